The molecule has 10 nitrogen and oxygen atoms in total. The summed E-state index contributed by atoms with van der Waals surface area (Å²) < 4.78 is 73.3. The number of carbonyl (C=O) groups excluding carboxylic acids is 2. The van der Waals surface area contributed by atoms with E-state index in [0.29, 0.717) is 28.3 Å². The Kier molecular flexibility index (Phi) is 11.1. The lowest BCUT2D eigenvalue weighted by Gasteiger charge is -2.33. The average molecular weight is 620 g/mol. The van der Waals surface area contributed by atoms with E-state index in [9.17, 15) is 18.0 Å². The van der Waals surface area contributed by atoms with Gasteiger partial charge in [0.05, 0.1) is 30.5 Å². The van der Waals surface area contributed by atoms with Gasteiger partial charge in [-0.25, -0.2) is 22.0 Å². The minimum absolute atomic E-state index is 0.0461. The first kappa shape index (κ1) is 33.3. The minimum Gasteiger partial charge on any atom is -0.484 e. The second-order valence-electron chi connectivity index (χ2n) is 10.8. The van der Waals surface area contributed by atoms with Crippen LogP contribution < -0.4 is 9.04 Å². The number of benzene rings is 2. The van der Waals surface area contributed by atoms with Crippen molar-refractivity contribution >= 4 is 33.8 Å². The van der Waals surface area contributed by atoms with Crippen LogP contribution >= 0.6 is 0 Å². The normalized spacial score (nSPS) is 14.3. The molecule has 1 heterocycles. The van der Waals surface area contributed by atoms with Crippen LogP contribution in [0.25, 0.3) is 6.08 Å². The molecule has 1 fully saturated rings. The molecule has 1 saturated heterocycles. The van der Waals surface area contributed by atoms with Gasteiger partial charge in [-0.2, -0.15) is 5.26 Å². The Labute approximate surface area is 250 Å². The highest BCUT2D eigenvalue weighted by Crippen LogP contribution is 2.31. The fourth-order valence-electron chi connectivity index (χ4n) is 4.26. The molecule has 0 bridgehead atoms. The first-order valence-electron chi connectivity index (χ1n) is 13.7. The lowest BCUT2D eigenvalue weighted by molar-refractivity contribution is -0.139. The van der Waals surface area contributed by atoms with Crippen LogP contribution in [-0.2, 0) is 24.3 Å². The standard InChI is InChI=1S/C30H35F2N3O7S/c1-5-40-27(36)20-43(38,39)35(13-7-10-21-8-6-9-22(16-21)19-33)23-17-25(31)28(26(32)18-23)41-24-11-14-34(15-12-24)29(37)42-30(2,3)4/h6-10,16-18,24H,5,11-15,20H2,1-4H3. The van der Waals surface area contributed by atoms with Crippen molar-refractivity contribution in [3.8, 4) is 11.8 Å². The number of rotatable bonds is 10. The number of hydrogen-bond donors (Lipinski definition) is 0. The molecule has 2 aromatic carbocycles. The number of esters is 1. The van der Waals surface area contributed by atoms with Crippen molar-refractivity contribution in [1.82, 2.24) is 4.90 Å². The molecule has 0 atom stereocenters. The monoisotopic (exact) mass is 619 g/mol. The highest BCUT2D eigenvalue weighted by atomic mass is 32.2. The number of amides is 1. The van der Waals surface area contributed by atoms with Gasteiger partial charge in [-0.05, 0) is 45.4 Å². The van der Waals surface area contributed by atoms with Gasteiger partial charge in [-0.15, -0.1) is 0 Å². The van der Waals surface area contributed by atoms with Crippen molar-refractivity contribution in [2.24, 2.45) is 0 Å². The molecule has 43 heavy (non-hydrogen) atoms. The Hall–Kier alpha value is -4.18. The number of piperidine rings is 1. The number of halogens is 2. The molecular formula is C30H35F2N3O7S. The molecule has 0 spiro atoms. The van der Waals surface area contributed by atoms with Gasteiger partial charge in [0, 0.05) is 38.1 Å². The number of hydrogen-bond acceptors (Lipinski definition) is 8. The Bertz CT molecular complexity index is 1470. The van der Waals surface area contributed by atoms with E-state index in [1.807, 2.05) is 6.07 Å². The summed E-state index contributed by atoms with van der Waals surface area (Å²) in [5, 5.41) is 9.10. The zero-order chi connectivity index (χ0) is 31.8. The van der Waals surface area contributed by atoms with Crippen LogP contribution in [0, 0.1) is 23.0 Å². The van der Waals surface area contributed by atoms with Gasteiger partial charge < -0.3 is 19.1 Å². The van der Waals surface area contributed by atoms with Crippen molar-refractivity contribution in [3.63, 3.8) is 0 Å². The van der Waals surface area contributed by atoms with E-state index < -0.39 is 56.9 Å². The molecule has 0 unspecified atom stereocenters. The minimum atomic E-state index is -4.43. The number of ether oxygens (including phenoxy) is 3. The van der Waals surface area contributed by atoms with Crippen molar-refractivity contribution in [2.45, 2.75) is 52.2 Å². The third-order valence-electron chi connectivity index (χ3n) is 6.19. The topological polar surface area (TPSA) is 126 Å². The average Bonchev–Trinajstić information content (AvgIpc) is 2.92. The van der Waals surface area contributed by atoms with E-state index in [4.69, 9.17) is 19.5 Å². The van der Waals surface area contributed by atoms with Crippen molar-refractivity contribution in [3.05, 3.63) is 65.2 Å². The summed E-state index contributed by atoms with van der Waals surface area (Å²) in [5.41, 5.74) is -0.0272. The summed E-state index contributed by atoms with van der Waals surface area (Å²) in [6.45, 7) is 6.90. The van der Waals surface area contributed by atoms with E-state index in [0.717, 1.165) is 12.1 Å². The van der Waals surface area contributed by atoms with Crippen LogP contribution in [-0.4, -0.2) is 69.1 Å². The fourth-order valence-corrected chi connectivity index (χ4v) is 5.53. The molecule has 3 rings (SSSR count). The molecule has 1 aliphatic rings. The molecule has 0 radical (unpaired) electrons. The maximum absolute atomic E-state index is 15.2. The Morgan fingerprint density at radius 3 is 2.37 bits per heavy atom. The summed E-state index contributed by atoms with van der Waals surface area (Å²) in [5.74, 6) is -5.00. The van der Waals surface area contributed by atoms with Crippen molar-refractivity contribution < 1.29 is 41.0 Å². The first-order valence-corrected chi connectivity index (χ1v) is 15.3. The van der Waals surface area contributed by atoms with Gasteiger partial charge in [0.2, 0.25) is 10.0 Å². The molecule has 232 valence electrons. The summed E-state index contributed by atoms with van der Waals surface area (Å²) in [6, 6.07) is 10.2. The van der Waals surface area contributed by atoms with Gasteiger partial charge in [-0.3, -0.25) is 9.10 Å². The number of anilines is 1. The zero-order valence-corrected chi connectivity index (χ0v) is 25.3. The number of likely N-dealkylation sites (tertiary alicyclic amines) is 1. The number of carbonyl (C=O) groups is 2. The molecule has 1 aliphatic heterocycles. The maximum Gasteiger partial charge on any atom is 0.410 e. The second-order valence-corrected chi connectivity index (χ2v) is 12.6. The van der Waals surface area contributed by atoms with Crippen molar-refractivity contribution in [1.29, 1.82) is 5.26 Å². The van der Waals surface area contributed by atoms with Gasteiger partial charge >= 0.3 is 12.1 Å². The van der Waals surface area contributed by atoms with E-state index in [1.165, 1.54) is 17.9 Å². The lowest BCUT2D eigenvalue weighted by atomic mass is 10.1. The van der Waals surface area contributed by atoms with E-state index in [-0.39, 0.29) is 31.9 Å². The van der Waals surface area contributed by atoms with Gasteiger partial charge in [0.25, 0.3) is 0 Å². The highest BCUT2D eigenvalue weighted by Gasteiger charge is 2.31. The predicted octanol–water partition coefficient (Wildman–Crippen LogP) is 5.03. The maximum atomic E-state index is 15.2. The summed E-state index contributed by atoms with van der Waals surface area (Å²) >= 11 is 0. The molecule has 13 heteroatoms. The Balaban J connectivity index is 1.81. The summed E-state index contributed by atoms with van der Waals surface area (Å²) in [6.07, 6.45) is 2.50. The molecule has 0 N–H and O–H groups in total. The van der Waals surface area contributed by atoms with Gasteiger partial charge in [-0.1, -0.05) is 24.3 Å². The third-order valence-corrected chi connectivity index (χ3v) is 7.82. The van der Waals surface area contributed by atoms with E-state index in [1.54, 1.807) is 51.1 Å². The van der Waals surface area contributed by atoms with E-state index >= 15 is 8.78 Å². The number of nitrogens with zero attached hydrogens (tertiary/aromatic N) is 3. The Morgan fingerprint density at radius 1 is 1.14 bits per heavy atom. The molecule has 0 saturated carbocycles. The van der Waals surface area contributed by atoms with Crippen LogP contribution in [0.4, 0.5) is 19.3 Å². The lowest BCUT2D eigenvalue weighted by Crippen LogP contribution is -2.44. The quantitative estimate of drug-likeness (QED) is 0.339. The highest BCUT2D eigenvalue weighted by molar-refractivity contribution is 7.93. The Morgan fingerprint density at radius 2 is 1.79 bits per heavy atom. The SMILES string of the molecule is CCOC(=O)CS(=O)(=O)N(CC=Cc1cccc(C#N)c1)c1cc(F)c(OC2CCN(C(=O)OC(C)(C)C)CC2)c(F)c1. The molecule has 2 aromatic rings. The number of nitriles is 1. The summed E-state index contributed by atoms with van der Waals surface area (Å²) in [4.78, 5) is 25.8. The van der Waals surface area contributed by atoms with Gasteiger partial charge in [0.1, 0.15) is 11.7 Å². The smallest absolute Gasteiger partial charge is 0.410 e. The first-order chi connectivity index (χ1) is 20.2. The summed E-state index contributed by atoms with van der Waals surface area (Å²) in [7, 11) is -4.43. The fraction of sp³-hybridized carbons (Fsp3) is 0.433. The van der Waals surface area contributed by atoms with E-state index in [2.05, 4.69) is 0 Å². The third kappa shape index (κ3) is 9.68. The van der Waals surface area contributed by atoms with Crippen LogP contribution in [0.5, 0.6) is 5.75 Å². The molecular weight excluding hydrogens is 584 g/mol. The van der Waals surface area contributed by atoms with Crippen molar-refractivity contribution in [2.75, 3.05) is 36.3 Å². The van der Waals surface area contributed by atoms with Crippen LogP contribution in [0.15, 0.2) is 42.5 Å². The van der Waals surface area contributed by atoms with Crippen LogP contribution in [0.1, 0.15) is 51.7 Å². The zero-order valence-electron chi connectivity index (χ0n) is 24.5. The predicted molar refractivity (Wildman–Crippen MR) is 156 cm³/mol. The second kappa shape index (κ2) is 14.3. The van der Waals surface area contributed by atoms with Crippen LogP contribution in [0.3, 0.4) is 0 Å². The number of sulfonamides is 1. The molecule has 0 aromatic heterocycles. The van der Waals surface area contributed by atoms with Crippen LogP contribution in [0.2, 0.25) is 0 Å². The largest absolute Gasteiger partial charge is 0.484 e. The molecule has 0 aliphatic carbocycles. The van der Waals surface area contributed by atoms with Gasteiger partial charge in [0.15, 0.2) is 23.1 Å². The molecule has 1 amide bonds.